The first-order valence-corrected chi connectivity index (χ1v) is 20.7. The number of ether oxygens (including phenoxy) is 2. The van der Waals surface area contributed by atoms with E-state index < -0.39 is 12.2 Å². The molecule has 4 aromatic carbocycles. The highest BCUT2D eigenvalue weighted by Crippen LogP contribution is 2.28. The molecule has 2 fully saturated rings. The number of benzene rings is 4. The highest BCUT2D eigenvalue weighted by atomic mass is 16.6. The number of β-amino-alcohol motifs (C(OH)–C–C–N with tert-alkyl or cyclic N) is 2. The maximum Gasteiger partial charge on any atom is 0.104 e. The molecule has 0 bridgehead atoms. The number of nitrogens with one attached hydrogen (secondary N) is 2. The van der Waals surface area contributed by atoms with E-state index in [0.717, 1.165) is 58.7 Å². The molecule has 4 unspecified atom stereocenters. The zero-order chi connectivity index (χ0) is 43.0. The summed E-state index contributed by atoms with van der Waals surface area (Å²) in [5.41, 5.74) is 10.6. The predicted molar refractivity (Wildman–Crippen MR) is 247 cm³/mol. The minimum atomic E-state index is -0.642. The minimum Gasteiger partial charge on any atom is -0.394 e. The summed E-state index contributed by atoms with van der Waals surface area (Å²) in [7, 11) is 1.25. The van der Waals surface area contributed by atoms with E-state index in [1.54, 1.807) is 0 Å². The van der Waals surface area contributed by atoms with Crippen molar-refractivity contribution in [3.63, 3.8) is 0 Å². The van der Waals surface area contributed by atoms with E-state index in [4.69, 9.17) is 21.8 Å². The van der Waals surface area contributed by atoms with Gasteiger partial charge in [0.15, 0.2) is 0 Å². The second kappa shape index (κ2) is 27.6. The van der Waals surface area contributed by atoms with Crippen LogP contribution in [0.1, 0.15) is 52.7 Å². The standard InChI is InChI=1S/C12H17NO2.C11H15NO2.C9H11N.C8H9N.2C3H6O2.2CH4.H2/c14-9-11(15)8-13-7-3-5-10-4-1-2-6-12(10)13;13-8-10(14)7-12-6-5-9-3-1-2-4-11(9)12;1-2-6-9-8(4-1)5-3-7-10-9;1-2-4-8-7(3-1)5-6-9-8;2*4-1-3-2-5-3;;;/h1-2,4,6,11,14-15H,3,5,7-9H2;1-4,10,13-14H,5-8H2;1-2,4,6,10H,3,5,7H2;1-4,9H,5-6H2;2*3-4H,1-2H2;2*1H4;1H/i;;;;;;1D;;1+2. The van der Waals surface area contributed by atoms with E-state index in [9.17, 15) is 10.2 Å². The van der Waals surface area contributed by atoms with Crippen molar-refractivity contribution in [2.24, 2.45) is 0 Å². The normalized spacial score (nSPS) is 18.9. The van der Waals surface area contributed by atoms with Gasteiger partial charge < -0.3 is 60.5 Å². The molecule has 60 heavy (non-hydrogen) atoms. The Labute approximate surface area is 361 Å². The molecule has 8 N–H and O–H groups in total. The van der Waals surface area contributed by atoms with Gasteiger partial charge in [0.25, 0.3) is 0 Å². The number of anilines is 4. The summed E-state index contributed by atoms with van der Waals surface area (Å²) in [6, 6.07) is 33.5. The molecule has 0 amide bonds. The Morgan fingerprint density at radius 3 is 1.45 bits per heavy atom. The smallest absolute Gasteiger partial charge is 0.104 e. The van der Waals surface area contributed by atoms with E-state index in [1.807, 2.05) is 24.3 Å². The third kappa shape index (κ3) is 17.0. The van der Waals surface area contributed by atoms with Gasteiger partial charge in [-0.1, -0.05) is 87.6 Å². The maximum absolute atomic E-state index is 9.44. The van der Waals surface area contributed by atoms with Crippen molar-refractivity contribution in [1.82, 2.24) is 0 Å². The van der Waals surface area contributed by atoms with E-state index in [2.05, 4.69) is 103 Å². The molecule has 0 aromatic heterocycles. The van der Waals surface area contributed by atoms with Crippen LogP contribution in [0, 0.1) is 0 Å². The van der Waals surface area contributed by atoms with Gasteiger partial charge in [-0.15, -0.1) is 0 Å². The minimum absolute atomic E-state index is 0. The number of rotatable bonds is 8. The highest BCUT2D eigenvalue weighted by Gasteiger charge is 2.22. The van der Waals surface area contributed by atoms with Gasteiger partial charge in [0.05, 0.1) is 51.8 Å². The lowest BCUT2D eigenvalue weighted by molar-refractivity contribution is 0.0996. The number of aryl methyl sites for hydroxylation is 2. The van der Waals surface area contributed by atoms with Crippen LogP contribution < -0.4 is 20.4 Å². The fourth-order valence-electron chi connectivity index (χ4n) is 7.02. The van der Waals surface area contributed by atoms with Crippen LogP contribution in [0.3, 0.4) is 0 Å². The molecule has 2 saturated heterocycles. The van der Waals surface area contributed by atoms with Crippen molar-refractivity contribution in [2.45, 2.75) is 77.8 Å². The van der Waals surface area contributed by atoms with Crippen molar-refractivity contribution in [1.29, 1.82) is 0 Å². The average Bonchev–Trinajstić information content (AvgIpc) is 4.26. The molecule has 4 atom stereocenters. The lowest BCUT2D eigenvalue weighted by atomic mass is 10.0. The summed E-state index contributed by atoms with van der Waals surface area (Å²) in [5, 5.41) is 59.2. The van der Waals surface area contributed by atoms with Crippen LogP contribution in [0.25, 0.3) is 0 Å². The predicted octanol–water partition coefficient (Wildman–Crippen LogP) is 5.17. The summed E-state index contributed by atoms with van der Waals surface area (Å²) in [5.74, 6) is 0. The van der Waals surface area contributed by atoms with Crippen molar-refractivity contribution >= 4 is 22.7 Å². The maximum atomic E-state index is 9.44. The number of epoxide rings is 2. The molecule has 6 heterocycles. The summed E-state index contributed by atoms with van der Waals surface area (Å²) >= 11 is 0. The van der Waals surface area contributed by atoms with Crippen molar-refractivity contribution in [3.05, 3.63) is 119 Å². The Bertz CT molecular complexity index is 1710. The number of hydrogen-bond donors (Lipinski definition) is 8. The lowest BCUT2D eigenvalue weighted by Gasteiger charge is -2.32. The zero-order valence-corrected chi connectivity index (χ0v) is 34.7. The second-order valence-electron chi connectivity index (χ2n) is 15.0. The largest absolute Gasteiger partial charge is 0.394 e. The summed E-state index contributed by atoms with van der Waals surface area (Å²) < 4.78 is 15.0. The summed E-state index contributed by atoms with van der Waals surface area (Å²) in [6.07, 6.45) is 6.07. The molecule has 0 spiro atoms. The number of aliphatic hydroxyl groups excluding tert-OH is 6. The van der Waals surface area contributed by atoms with E-state index in [0.29, 0.717) is 13.1 Å². The van der Waals surface area contributed by atoms with Gasteiger partial charge in [0, 0.05) is 64.8 Å². The molecule has 12 nitrogen and oxygen atoms in total. The number of aliphatic hydroxyl groups is 6. The van der Waals surface area contributed by atoms with E-state index >= 15 is 0 Å². The fraction of sp³-hybridized carbons (Fsp3) is 0.500. The third-order valence-corrected chi connectivity index (χ3v) is 10.4. The molecule has 0 aliphatic carbocycles. The number of para-hydroxylation sites is 4. The van der Waals surface area contributed by atoms with Gasteiger partial charge in [-0.25, -0.2) is 0 Å². The monoisotopic (exact) mass is 838 g/mol. The Hall–Kier alpha value is -4.24. The Kier molecular flexibility index (Phi) is 22.3. The Morgan fingerprint density at radius 1 is 0.567 bits per heavy atom. The van der Waals surface area contributed by atoms with E-state index in [1.165, 1.54) is 71.7 Å². The highest BCUT2D eigenvalue weighted by molar-refractivity contribution is 5.58. The molecule has 0 radical (unpaired) electrons. The van der Waals surface area contributed by atoms with Crippen LogP contribution in [0.15, 0.2) is 97.1 Å². The quantitative estimate of drug-likeness (QED) is 0.110. The van der Waals surface area contributed by atoms with Crippen molar-refractivity contribution < 1.29 is 42.9 Å². The van der Waals surface area contributed by atoms with Crippen molar-refractivity contribution in [2.75, 3.05) is 99.3 Å². The lowest BCUT2D eigenvalue weighted by Crippen LogP contribution is -2.37. The Balaban J connectivity index is 0.000000262. The van der Waals surface area contributed by atoms with Crippen LogP contribution in [-0.4, -0.2) is 134 Å². The van der Waals surface area contributed by atoms with Gasteiger partial charge in [0.1, 0.15) is 12.2 Å². The number of nitrogens with zero attached hydrogens (tertiary/aromatic N) is 2. The molecule has 0 saturated carbocycles. The molecule has 6 aliphatic rings. The first kappa shape index (κ1) is 48.4. The third-order valence-electron chi connectivity index (χ3n) is 10.4. The van der Waals surface area contributed by atoms with Gasteiger partial charge in [-0.2, -0.15) is 0 Å². The van der Waals surface area contributed by atoms with Gasteiger partial charge in [-0.3, -0.25) is 0 Å². The van der Waals surface area contributed by atoms with Crippen molar-refractivity contribution in [3.8, 4) is 0 Å². The molecule has 334 valence electrons. The van der Waals surface area contributed by atoms with Crippen LogP contribution in [0.4, 0.5) is 22.7 Å². The first-order chi connectivity index (χ1) is 29.4. The van der Waals surface area contributed by atoms with Gasteiger partial charge in [-0.05, 0) is 85.0 Å². The van der Waals surface area contributed by atoms with Crippen LogP contribution in [-0.2, 0) is 35.2 Å². The first-order valence-electron chi connectivity index (χ1n) is 21.7. The second-order valence-corrected chi connectivity index (χ2v) is 15.0. The van der Waals surface area contributed by atoms with Gasteiger partial charge in [0.2, 0.25) is 0 Å². The molecule has 10 rings (SSSR count). The molecule has 4 aromatic rings. The van der Waals surface area contributed by atoms with E-state index in [-0.39, 0.29) is 47.5 Å². The number of fused-ring (bicyclic) bond motifs is 4. The average molecular weight is 838 g/mol. The number of hydrogen-bond acceptors (Lipinski definition) is 12. The zero-order valence-electron chi connectivity index (χ0n) is 35.7. The molecule has 12 heteroatoms. The van der Waals surface area contributed by atoms with Gasteiger partial charge >= 0.3 is 0 Å². The SMILES string of the molecule is C.OCC(O)CN1CCCc2ccccc21.OCC(O)CN1CCc2ccccc21.OCC1CO1.OCC1CO1.[2H]C.[3HH].c1ccc2c(c1)CCCN2.c1ccc2c(c1)CCN2. The topological polar surface area (TPSA) is 177 Å². The molecule has 6 aliphatic heterocycles. The van der Waals surface area contributed by atoms with Crippen LogP contribution in [0.5, 0.6) is 0 Å². The van der Waals surface area contributed by atoms with Crippen LogP contribution >= 0.6 is 0 Å². The van der Waals surface area contributed by atoms with Crippen LogP contribution in [0.2, 0.25) is 0 Å². The summed E-state index contributed by atoms with van der Waals surface area (Å²) in [4.78, 5) is 4.27. The summed E-state index contributed by atoms with van der Waals surface area (Å²) in [6.45, 7) is 6.77. The molecular formula is C48H74N4O8. The Morgan fingerprint density at radius 2 is 0.983 bits per heavy atom. The molecular weight excluding hydrogens is 761 g/mol. The fourth-order valence-corrected chi connectivity index (χ4v) is 7.02.